The summed E-state index contributed by atoms with van der Waals surface area (Å²) in [5, 5.41) is 19.8. The molecule has 1 amide bonds. The Hall–Kier alpha value is -2.64. The molecule has 122 valence electrons. The van der Waals surface area contributed by atoms with Crippen molar-refractivity contribution in [3.63, 3.8) is 0 Å². The number of carboxylic acid groups (broad SMARTS) is 1. The van der Waals surface area contributed by atoms with Crippen molar-refractivity contribution >= 4 is 17.7 Å². The molecule has 1 unspecified atom stereocenters. The maximum Gasteiger partial charge on any atom is 0.407 e. The Morgan fingerprint density at radius 3 is 2.22 bits per heavy atom. The molecule has 0 aromatic heterocycles. The van der Waals surface area contributed by atoms with Crippen LogP contribution < -0.4 is 0 Å². The Balaban J connectivity index is 1.63. The smallest absolute Gasteiger partial charge is 0.407 e. The van der Waals surface area contributed by atoms with Gasteiger partial charge in [0.25, 0.3) is 5.69 Å². The van der Waals surface area contributed by atoms with E-state index < -0.39 is 17.0 Å². The number of nitro groups is 1. The van der Waals surface area contributed by atoms with E-state index in [2.05, 4.69) is 0 Å². The average Bonchev–Trinajstić information content (AvgIpc) is 2.79. The van der Waals surface area contributed by atoms with Gasteiger partial charge in [-0.2, -0.15) is 0 Å². The van der Waals surface area contributed by atoms with Gasteiger partial charge in [-0.25, -0.2) is 9.59 Å². The molecule has 1 N–H and O–H groups in total. The minimum Gasteiger partial charge on any atom is -0.465 e. The van der Waals surface area contributed by atoms with E-state index in [1.807, 2.05) is 0 Å². The lowest BCUT2D eigenvalue weighted by Gasteiger charge is -2.36. The number of nitro benzene ring substituents is 1. The summed E-state index contributed by atoms with van der Waals surface area (Å²) >= 11 is 0. The second kappa shape index (κ2) is 5.86. The van der Waals surface area contributed by atoms with Crippen LogP contribution in [0.1, 0.15) is 36.0 Å². The van der Waals surface area contributed by atoms with Gasteiger partial charge in [0.2, 0.25) is 0 Å². The summed E-state index contributed by atoms with van der Waals surface area (Å²) < 4.78 is 5.46. The first-order valence-electron chi connectivity index (χ1n) is 7.42. The van der Waals surface area contributed by atoms with Gasteiger partial charge in [-0.05, 0) is 25.0 Å². The van der Waals surface area contributed by atoms with E-state index in [1.54, 1.807) is 0 Å². The number of nitrogens with zero attached hydrogens (tertiary/aromatic N) is 2. The molecule has 0 radical (unpaired) electrons. The molecule has 0 saturated carbocycles. The van der Waals surface area contributed by atoms with Crippen LogP contribution >= 0.6 is 0 Å². The molecule has 3 rings (SSSR count). The Morgan fingerprint density at radius 2 is 1.74 bits per heavy atom. The minimum absolute atomic E-state index is 0.0886. The number of esters is 1. The zero-order valence-electron chi connectivity index (χ0n) is 12.3. The topological polar surface area (TPSA) is 110 Å². The molecule has 2 fully saturated rings. The van der Waals surface area contributed by atoms with Crippen LogP contribution in [0.3, 0.4) is 0 Å². The van der Waals surface area contributed by atoms with Crippen LogP contribution in [-0.4, -0.2) is 45.2 Å². The highest BCUT2D eigenvalue weighted by Gasteiger charge is 2.44. The van der Waals surface area contributed by atoms with Gasteiger partial charge in [0.05, 0.1) is 10.5 Å². The molecular formula is C15H16N2O6. The van der Waals surface area contributed by atoms with Crippen LogP contribution in [0.2, 0.25) is 0 Å². The number of carbonyl (C=O) groups excluding carboxylic acids is 1. The van der Waals surface area contributed by atoms with Crippen molar-refractivity contribution in [2.75, 3.05) is 0 Å². The first kappa shape index (κ1) is 15.3. The number of non-ortho nitro benzene ring substituents is 1. The first-order chi connectivity index (χ1) is 11.0. The molecule has 2 aliphatic heterocycles. The lowest BCUT2D eigenvalue weighted by atomic mass is 10.00. The summed E-state index contributed by atoms with van der Waals surface area (Å²) in [4.78, 5) is 34.9. The number of rotatable bonds is 3. The summed E-state index contributed by atoms with van der Waals surface area (Å²) in [7, 11) is 0. The van der Waals surface area contributed by atoms with Crippen LogP contribution in [0.25, 0.3) is 0 Å². The number of ether oxygens (including phenoxy) is 1. The third-order valence-electron chi connectivity index (χ3n) is 4.50. The van der Waals surface area contributed by atoms with Crippen molar-refractivity contribution in [1.82, 2.24) is 4.90 Å². The van der Waals surface area contributed by atoms with Gasteiger partial charge < -0.3 is 14.7 Å². The van der Waals surface area contributed by atoms with E-state index in [4.69, 9.17) is 4.74 Å². The van der Waals surface area contributed by atoms with Crippen LogP contribution in [0, 0.1) is 10.1 Å². The molecule has 8 heteroatoms. The van der Waals surface area contributed by atoms with Crippen LogP contribution in [-0.2, 0) is 4.74 Å². The van der Waals surface area contributed by atoms with Crippen molar-refractivity contribution in [2.45, 2.75) is 43.9 Å². The maximum atomic E-state index is 12.1. The molecule has 2 bridgehead atoms. The standard InChI is InChI=1S/C15H16N2O6/c18-14(9-1-3-10(4-2-9)17(21)22)23-13-7-11-5-6-12(8-13)16(11)15(19)20/h1-4,11-13H,5-8H2,(H,19,20)/t11-,12+,13?. The van der Waals surface area contributed by atoms with Gasteiger partial charge in [-0.3, -0.25) is 10.1 Å². The fraction of sp³-hybridized carbons (Fsp3) is 0.467. The number of fused-ring (bicyclic) bond motifs is 2. The highest BCUT2D eigenvalue weighted by Crippen LogP contribution is 2.37. The minimum atomic E-state index is -0.919. The number of piperidine rings is 1. The zero-order chi connectivity index (χ0) is 16.6. The van der Waals surface area contributed by atoms with E-state index in [9.17, 15) is 24.8 Å². The van der Waals surface area contributed by atoms with E-state index in [-0.39, 0.29) is 29.4 Å². The molecule has 1 aromatic rings. The van der Waals surface area contributed by atoms with Crippen LogP contribution in [0.15, 0.2) is 24.3 Å². The molecule has 2 aliphatic rings. The predicted octanol–water partition coefficient (Wildman–Crippen LogP) is 2.43. The van der Waals surface area contributed by atoms with Crippen molar-refractivity contribution in [3.05, 3.63) is 39.9 Å². The quantitative estimate of drug-likeness (QED) is 0.520. The van der Waals surface area contributed by atoms with Gasteiger partial charge in [0.15, 0.2) is 0 Å². The number of benzene rings is 1. The molecule has 2 saturated heterocycles. The predicted molar refractivity (Wildman–Crippen MR) is 78.2 cm³/mol. The second-order valence-corrected chi connectivity index (χ2v) is 5.88. The molecule has 23 heavy (non-hydrogen) atoms. The molecule has 2 heterocycles. The fourth-order valence-corrected chi connectivity index (χ4v) is 3.47. The number of carbonyl (C=O) groups is 2. The van der Waals surface area contributed by atoms with E-state index in [0.717, 1.165) is 12.8 Å². The van der Waals surface area contributed by atoms with Crippen molar-refractivity contribution in [3.8, 4) is 0 Å². The van der Waals surface area contributed by atoms with Crippen LogP contribution in [0.4, 0.5) is 10.5 Å². The monoisotopic (exact) mass is 320 g/mol. The van der Waals surface area contributed by atoms with Gasteiger partial charge in [0.1, 0.15) is 6.10 Å². The summed E-state index contributed by atoms with van der Waals surface area (Å²) in [5.74, 6) is -0.534. The van der Waals surface area contributed by atoms with E-state index in [0.29, 0.717) is 12.8 Å². The molecule has 0 aliphatic carbocycles. The summed E-state index contributed by atoms with van der Waals surface area (Å²) in [6, 6.07) is 5.05. The number of amides is 1. The third kappa shape index (κ3) is 2.96. The van der Waals surface area contributed by atoms with Crippen molar-refractivity contribution < 1.29 is 24.4 Å². The Bertz CT molecular complexity index is 630. The average molecular weight is 320 g/mol. The lowest BCUT2D eigenvalue weighted by Crippen LogP contribution is -2.48. The third-order valence-corrected chi connectivity index (χ3v) is 4.50. The number of hydrogen-bond acceptors (Lipinski definition) is 5. The highest BCUT2D eigenvalue weighted by molar-refractivity contribution is 5.89. The Labute approximate surface area is 131 Å². The Morgan fingerprint density at radius 1 is 1.17 bits per heavy atom. The fourth-order valence-electron chi connectivity index (χ4n) is 3.47. The molecule has 8 nitrogen and oxygen atoms in total. The number of hydrogen-bond donors (Lipinski definition) is 1. The lowest BCUT2D eigenvalue weighted by molar-refractivity contribution is -0.384. The summed E-state index contributed by atoms with van der Waals surface area (Å²) in [6.07, 6.45) is 1.36. The highest BCUT2D eigenvalue weighted by atomic mass is 16.6. The summed E-state index contributed by atoms with van der Waals surface area (Å²) in [6.45, 7) is 0. The zero-order valence-corrected chi connectivity index (χ0v) is 12.3. The van der Waals surface area contributed by atoms with E-state index in [1.165, 1.54) is 29.2 Å². The van der Waals surface area contributed by atoms with Gasteiger partial charge >= 0.3 is 12.1 Å². The van der Waals surface area contributed by atoms with E-state index >= 15 is 0 Å². The van der Waals surface area contributed by atoms with Crippen molar-refractivity contribution in [2.24, 2.45) is 0 Å². The normalized spacial score (nSPS) is 25.9. The first-order valence-corrected chi connectivity index (χ1v) is 7.42. The molecule has 0 spiro atoms. The SMILES string of the molecule is O=C(OC1C[C@H]2CC[C@@H](C1)N2C(=O)O)c1ccc([N+](=O)[O-])cc1. The van der Waals surface area contributed by atoms with Gasteiger partial charge in [-0.1, -0.05) is 0 Å². The largest absolute Gasteiger partial charge is 0.465 e. The van der Waals surface area contributed by atoms with Crippen molar-refractivity contribution in [1.29, 1.82) is 0 Å². The second-order valence-electron chi connectivity index (χ2n) is 5.88. The molecule has 3 atom stereocenters. The molecule has 1 aromatic carbocycles. The van der Waals surface area contributed by atoms with Crippen LogP contribution in [0.5, 0.6) is 0 Å². The van der Waals surface area contributed by atoms with Gasteiger partial charge in [-0.15, -0.1) is 0 Å². The van der Waals surface area contributed by atoms with Gasteiger partial charge in [0, 0.05) is 37.1 Å². The summed E-state index contributed by atoms with van der Waals surface area (Å²) in [5.41, 5.74) is 0.165. The maximum absolute atomic E-state index is 12.1. The molecular weight excluding hydrogens is 304 g/mol. The Kier molecular flexibility index (Phi) is 3.89.